The fourth-order valence-electron chi connectivity index (χ4n) is 1.79. The molecule has 2 aromatic rings. The number of hydrogen-bond donors (Lipinski definition) is 1. The summed E-state index contributed by atoms with van der Waals surface area (Å²) in [6.07, 6.45) is 1.26. The molecular formula is C14H18ClNO2S2. The molecule has 0 amide bonds. The van der Waals surface area contributed by atoms with Gasteiger partial charge in [0.15, 0.2) is 9.84 Å². The second-order valence-corrected chi connectivity index (χ2v) is 9.64. The molecule has 0 fully saturated rings. The monoisotopic (exact) mass is 331 g/mol. The Morgan fingerprint density at radius 2 is 1.95 bits per heavy atom. The van der Waals surface area contributed by atoms with Crippen LogP contribution in [0.15, 0.2) is 24.3 Å². The molecule has 0 saturated carbocycles. The summed E-state index contributed by atoms with van der Waals surface area (Å²) in [6, 6.07) is 7.98. The van der Waals surface area contributed by atoms with Gasteiger partial charge in [-0.2, -0.15) is 0 Å². The van der Waals surface area contributed by atoms with Gasteiger partial charge in [-0.1, -0.05) is 29.8 Å². The average Bonchev–Trinajstić information content (AvgIpc) is 2.66. The van der Waals surface area contributed by atoms with Crippen molar-refractivity contribution in [1.29, 1.82) is 0 Å². The van der Waals surface area contributed by atoms with Crippen molar-refractivity contribution in [1.82, 2.24) is 5.32 Å². The van der Waals surface area contributed by atoms with Crippen LogP contribution in [-0.2, 0) is 16.4 Å². The van der Waals surface area contributed by atoms with Crippen LogP contribution in [0.4, 0.5) is 0 Å². The number of benzene rings is 1. The molecule has 1 aromatic heterocycles. The van der Waals surface area contributed by atoms with Crippen LogP contribution in [0, 0.1) is 0 Å². The molecule has 0 aliphatic heterocycles. The number of nitrogens with one attached hydrogen (secondary N) is 1. The van der Waals surface area contributed by atoms with Crippen molar-refractivity contribution >= 4 is 42.9 Å². The lowest BCUT2D eigenvalue weighted by Crippen LogP contribution is -2.41. The Balaban J connectivity index is 2.09. The van der Waals surface area contributed by atoms with Crippen molar-refractivity contribution in [3.05, 3.63) is 34.2 Å². The van der Waals surface area contributed by atoms with Gasteiger partial charge in [-0.15, -0.1) is 11.3 Å². The Bertz CT molecular complexity index is 720. The van der Waals surface area contributed by atoms with Gasteiger partial charge in [0.2, 0.25) is 0 Å². The van der Waals surface area contributed by atoms with E-state index >= 15 is 0 Å². The predicted octanol–water partition coefficient (Wildman–Crippen LogP) is 3.47. The third-order valence-electron chi connectivity index (χ3n) is 3.44. The highest BCUT2D eigenvalue weighted by atomic mass is 35.5. The first-order valence-corrected chi connectivity index (χ1v) is 9.37. The third-order valence-corrected chi connectivity index (χ3v) is 7.31. The molecule has 0 atom stereocenters. The van der Waals surface area contributed by atoms with Gasteiger partial charge >= 0.3 is 0 Å². The van der Waals surface area contributed by atoms with E-state index in [9.17, 15) is 8.42 Å². The summed E-state index contributed by atoms with van der Waals surface area (Å²) < 4.78 is 23.6. The molecule has 3 nitrogen and oxygen atoms in total. The van der Waals surface area contributed by atoms with Crippen LogP contribution >= 0.6 is 22.9 Å². The molecule has 0 unspecified atom stereocenters. The maximum absolute atomic E-state index is 11.6. The van der Waals surface area contributed by atoms with Gasteiger partial charge in [-0.25, -0.2) is 8.42 Å². The van der Waals surface area contributed by atoms with Crippen LogP contribution in [-0.4, -0.2) is 26.0 Å². The summed E-state index contributed by atoms with van der Waals surface area (Å²) in [7, 11) is -3.08. The van der Waals surface area contributed by atoms with Crippen molar-refractivity contribution in [2.75, 3.05) is 12.8 Å². The molecule has 110 valence electrons. The van der Waals surface area contributed by atoms with E-state index in [4.69, 9.17) is 11.6 Å². The zero-order valence-electron chi connectivity index (χ0n) is 11.7. The number of thiophene rings is 1. The number of rotatable bonds is 5. The van der Waals surface area contributed by atoms with Crippen LogP contribution in [0.1, 0.15) is 18.7 Å². The largest absolute Gasteiger partial charge is 0.310 e. The smallest absolute Gasteiger partial charge is 0.153 e. The van der Waals surface area contributed by atoms with Crippen LogP contribution in [0.25, 0.3) is 10.1 Å². The van der Waals surface area contributed by atoms with E-state index < -0.39 is 14.6 Å². The molecule has 1 aromatic carbocycles. The van der Waals surface area contributed by atoms with Gasteiger partial charge in [0.25, 0.3) is 0 Å². The minimum Gasteiger partial charge on any atom is -0.310 e. The Hall–Kier alpha value is -0.620. The second-order valence-electron chi connectivity index (χ2n) is 5.47. The zero-order chi connectivity index (χ0) is 15.0. The SMILES string of the molecule is CC(C)(CNCc1sc2ccccc2c1Cl)S(C)(=O)=O. The number of sulfone groups is 1. The quantitative estimate of drug-likeness (QED) is 0.912. The predicted molar refractivity (Wildman–Crippen MR) is 87.5 cm³/mol. The lowest BCUT2D eigenvalue weighted by molar-refractivity contribution is 0.522. The average molecular weight is 332 g/mol. The summed E-state index contributed by atoms with van der Waals surface area (Å²) in [5.41, 5.74) is 0. The Morgan fingerprint density at radius 1 is 1.30 bits per heavy atom. The highest BCUT2D eigenvalue weighted by Gasteiger charge is 2.29. The molecule has 1 N–H and O–H groups in total. The fourth-order valence-corrected chi connectivity index (χ4v) is 3.62. The fraction of sp³-hybridized carbons (Fsp3) is 0.429. The van der Waals surface area contributed by atoms with Crippen molar-refractivity contribution in [2.24, 2.45) is 0 Å². The molecule has 0 aliphatic rings. The van der Waals surface area contributed by atoms with E-state index in [1.54, 1.807) is 25.2 Å². The number of fused-ring (bicyclic) bond motifs is 1. The Morgan fingerprint density at radius 3 is 2.55 bits per heavy atom. The van der Waals surface area contributed by atoms with Gasteiger partial charge in [-0.05, 0) is 19.9 Å². The summed E-state index contributed by atoms with van der Waals surface area (Å²) in [5.74, 6) is 0. The maximum atomic E-state index is 11.6. The molecule has 0 aliphatic carbocycles. The first-order chi connectivity index (χ1) is 9.22. The van der Waals surface area contributed by atoms with Crippen molar-refractivity contribution in [2.45, 2.75) is 25.1 Å². The summed E-state index contributed by atoms with van der Waals surface area (Å²) >= 11 is 7.99. The molecule has 1 heterocycles. The molecule has 6 heteroatoms. The first-order valence-electron chi connectivity index (χ1n) is 6.28. The molecule has 20 heavy (non-hydrogen) atoms. The van der Waals surface area contributed by atoms with E-state index in [1.165, 1.54) is 6.26 Å². The Kier molecular flexibility index (Phi) is 4.44. The van der Waals surface area contributed by atoms with E-state index in [0.717, 1.165) is 20.0 Å². The summed E-state index contributed by atoms with van der Waals surface area (Å²) in [4.78, 5) is 1.04. The number of halogens is 1. The topological polar surface area (TPSA) is 46.2 Å². The van der Waals surface area contributed by atoms with E-state index in [2.05, 4.69) is 5.32 Å². The molecule has 2 rings (SSSR count). The van der Waals surface area contributed by atoms with Crippen molar-refractivity contribution in [3.8, 4) is 0 Å². The van der Waals surface area contributed by atoms with E-state index in [1.807, 2.05) is 24.3 Å². The summed E-state index contributed by atoms with van der Waals surface area (Å²) in [6.45, 7) is 4.43. The Labute approximate surface area is 128 Å². The molecule has 0 spiro atoms. The van der Waals surface area contributed by atoms with Gasteiger partial charge < -0.3 is 5.32 Å². The van der Waals surface area contributed by atoms with Crippen molar-refractivity contribution < 1.29 is 8.42 Å². The molecular weight excluding hydrogens is 314 g/mol. The minimum absolute atomic E-state index is 0.399. The lowest BCUT2D eigenvalue weighted by atomic mass is 10.2. The highest BCUT2D eigenvalue weighted by molar-refractivity contribution is 7.92. The standard InChI is InChI=1S/C14H18ClNO2S2/c1-14(2,20(3,17)18)9-16-8-12-13(15)10-6-4-5-7-11(10)19-12/h4-7,16H,8-9H2,1-3H3. The third kappa shape index (κ3) is 3.17. The summed E-state index contributed by atoms with van der Waals surface area (Å²) in [5, 5.41) is 5.01. The molecule has 0 radical (unpaired) electrons. The minimum atomic E-state index is -3.08. The highest BCUT2D eigenvalue weighted by Crippen LogP contribution is 2.35. The van der Waals surface area contributed by atoms with Gasteiger partial charge in [0.1, 0.15) is 0 Å². The van der Waals surface area contributed by atoms with Gasteiger partial charge in [0.05, 0.1) is 9.77 Å². The first kappa shape index (κ1) is 15.8. The van der Waals surface area contributed by atoms with Crippen LogP contribution < -0.4 is 5.32 Å². The van der Waals surface area contributed by atoms with Crippen molar-refractivity contribution in [3.63, 3.8) is 0 Å². The normalized spacial score (nSPS) is 13.0. The lowest BCUT2D eigenvalue weighted by Gasteiger charge is -2.22. The van der Waals surface area contributed by atoms with Crippen LogP contribution in [0.3, 0.4) is 0 Å². The van der Waals surface area contributed by atoms with Crippen LogP contribution in [0.5, 0.6) is 0 Å². The molecule has 0 saturated heterocycles. The maximum Gasteiger partial charge on any atom is 0.153 e. The van der Waals surface area contributed by atoms with E-state index in [-0.39, 0.29) is 0 Å². The zero-order valence-corrected chi connectivity index (χ0v) is 14.1. The number of hydrogen-bond acceptors (Lipinski definition) is 4. The van der Waals surface area contributed by atoms with E-state index in [0.29, 0.717) is 13.1 Å². The second kappa shape index (κ2) is 5.64. The van der Waals surface area contributed by atoms with Crippen LogP contribution in [0.2, 0.25) is 5.02 Å². The van der Waals surface area contributed by atoms with Gasteiger partial charge in [-0.3, -0.25) is 0 Å². The molecule has 0 bridgehead atoms. The van der Waals surface area contributed by atoms with Gasteiger partial charge in [0, 0.05) is 34.3 Å².